The zero-order chi connectivity index (χ0) is 13.8. The molecule has 0 unspecified atom stereocenters. The Balaban J connectivity index is 1.92. The van der Waals surface area contributed by atoms with E-state index in [1.807, 2.05) is 0 Å². The number of hydrogen-bond acceptors (Lipinski definition) is 1. The second-order valence-corrected chi connectivity index (χ2v) is 6.14. The summed E-state index contributed by atoms with van der Waals surface area (Å²) < 4.78 is 0. The van der Waals surface area contributed by atoms with Crippen LogP contribution in [0.1, 0.15) is 68.9 Å². The molecule has 2 heteroatoms. The summed E-state index contributed by atoms with van der Waals surface area (Å²) in [6.07, 6.45) is 4.74. The minimum absolute atomic E-state index is 0.346. The van der Waals surface area contributed by atoms with Crippen LogP contribution in [0.15, 0.2) is 24.3 Å². The third-order valence-corrected chi connectivity index (χ3v) is 4.38. The van der Waals surface area contributed by atoms with Crippen LogP contribution in [0.5, 0.6) is 0 Å². The maximum atomic E-state index is 10.7. The van der Waals surface area contributed by atoms with Gasteiger partial charge in [0.25, 0.3) is 0 Å². The van der Waals surface area contributed by atoms with Gasteiger partial charge in [-0.1, -0.05) is 38.1 Å². The summed E-state index contributed by atoms with van der Waals surface area (Å²) in [7, 11) is 0. The minimum Gasteiger partial charge on any atom is -0.481 e. The molecule has 1 aliphatic carbocycles. The summed E-state index contributed by atoms with van der Waals surface area (Å²) in [6.45, 7) is 4.43. The Bertz CT molecular complexity index is 411. The molecule has 0 aliphatic heterocycles. The van der Waals surface area contributed by atoms with E-state index in [1.165, 1.54) is 11.1 Å². The van der Waals surface area contributed by atoms with Gasteiger partial charge in [-0.2, -0.15) is 0 Å². The number of carbonyl (C=O) groups is 1. The van der Waals surface area contributed by atoms with Crippen molar-refractivity contribution in [2.24, 2.45) is 5.92 Å². The highest BCUT2D eigenvalue weighted by molar-refractivity contribution is 5.67. The molecule has 0 saturated heterocycles. The third-order valence-electron chi connectivity index (χ3n) is 4.38. The van der Waals surface area contributed by atoms with E-state index in [4.69, 9.17) is 5.11 Å². The fourth-order valence-corrected chi connectivity index (χ4v) is 3.10. The molecular weight excluding hydrogens is 236 g/mol. The van der Waals surface area contributed by atoms with Gasteiger partial charge in [0, 0.05) is 6.42 Å². The predicted molar refractivity (Wildman–Crippen MR) is 77.5 cm³/mol. The molecule has 1 aliphatic rings. The molecule has 0 heterocycles. The first-order valence-corrected chi connectivity index (χ1v) is 7.38. The van der Waals surface area contributed by atoms with Gasteiger partial charge >= 0.3 is 5.97 Å². The predicted octanol–water partition coefficient (Wildman–Crippen LogP) is 4.56. The Morgan fingerprint density at radius 1 is 1.16 bits per heavy atom. The van der Waals surface area contributed by atoms with Crippen molar-refractivity contribution in [1.82, 2.24) is 0 Å². The lowest BCUT2D eigenvalue weighted by Gasteiger charge is -2.28. The molecule has 0 atom stereocenters. The van der Waals surface area contributed by atoms with Gasteiger partial charge in [-0.25, -0.2) is 0 Å². The SMILES string of the molecule is CC(C)c1ccc(C2CCC(CC(=O)O)CC2)cc1. The summed E-state index contributed by atoms with van der Waals surface area (Å²) in [6, 6.07) is 9.00. The topological polar surface area (TPSA) is 37.3 Å². The molecule has 0 radical (unpaired) electrons. The lowest BCUT2D eigenvalue weighted by Crippen LogP contribution is -2.16. The standard InChI is InChI=1S/C17H24O2/c1-12(2)14-7-9-16(10-8-14)15-5-3-13(4-6-15)11-17(18)19/h7-10,12-13,15H,3-6,11H2,1-2H3,(H,18,19). The van der Waals surface area contributed by atoms with E-state index < -0.39 is 5.97 Å². The van der Waals surface area contributed by atoms with Crippen LogP contribution in [0.25, 0.3) is 0 Å². The van der Waals surface area contributed by atoms with Gasteiger partial charge in [0.05, 0.1) is 0 Å². The van der Waals surface area contributed by atoms with Crippen LogP contribution in [-0.2, 0) is 4.79 Å². The summed E-state index contributed by atoms with van der Waals surface area (Å²) in [4.78, 5) is 10.7. The van der Waals surface area contributed by atoms with Crippen molar-refractivity contribution < 1.29 is 9.90 Å². The van der Waals surface area contributed by atoms with Crippen LogP contribution in [0.3, 0.4) is 0 Å². The Morgan fingerprint density at radius 3 is 2.21 bits per heavy atom. The molecule has 2 rings (SSSR count). The Kier molecular flexibility index (Phi) is 4.62. The van der Waals surface area contributed by atoms with Gasteiger partial charge in [0.1, 0.15) is 0 Å². The highest BCUT2D eigenvalue weighted by Gasteiger charge is 2.23. The van der Waals surface area contributed by atoms with E-state index >= 15 is 0 Å². The molecule has 0 bridgehead atoms. The second-order valence-electron chi connectivity index (χ2n) is 6.14. The average molecular weight is 260 g/mol. The lowest BCUT2D eigenvalue weighted by molar-refractivity contribution is -0.138. The first-order valence-electron chi connectivity index (χ1n) is 7.38. The number of hydrogen-bond donors (Lipinski definition) is 1. The minimum atomic E-state index is -0.648. The zero-order valence-corrected chi connectivity index (χ0v) is 11.9. The van der Waals surface area contributed by atoms with E-state index in [9.17, 15) is 4.79 Å². The van der Waals surface area contributed by atoms with Gasteiger partial charge in [-0.05, 0) is 54.6 Å². The van der Waals surface area contributed by atoms with E-state index in [0.29, 0.717) is 24.2 Å². The fraction of sp³-hybridized carbons (Fsp3) is 0.588. The molecule has 1 aromatic rings. The quantitative estimate of drug-likeness (QED) is 0.861. The number of rotatable bonds is 4. The van der Waals surface area contributed by atoms with Crippen LogP contribution in [0.4, 0.5) is 0 Å². The maximum Gasteiger partial charge on any atom is 0.303 e. The second kappa shape index (κ2) is 6.23. The van der Waals surface area contributed by atoms with Crippen molar-refractivity contribution in [2.75, 3.05) is 0 Å². The third kappa shape index (κ3) is 3.82. The molecule has 0 amide bonds. The number of aliphatic carboxylic acids is 1. The largest absolute Gasteiger partial charge is 0.481 e. The van der Waals surface area contributed by atoms with E-state index in [0.717, 1.165) is 25.7 Å². The zero-order valence-electron chi connectivity index (χ0n) is 11.9. The molecule has 0 aromatic heterocycles. The van der Waals surface area contributed by atoms with Gasteiger partial charge in [0.2, 0.25) is 0 Å². The van der Waals surface area contributed by atoms with Gasteiger partial charge < -0.3 is 5.11 Å². The average Bonchev–Trinajstić information content (AvgIpc) is 2.39. The Morgan fingerprint density at radius 2 is 1.74 bits per heavy atom. The van der Waals surface area contributed by atoms with Crippen molar-refractivity contribution in [2.45, 2.75) is 57.8 Å². The van der Waals surface area contributed by atoms with Crippen molar-refractivity contribution in [3.05, 3.63) is 35.4 Å². The molecule has 1 saturated carbocycles. The normalized spacial score (nSPS) is 23.5. The van der Waals surface area contributed by atoms with Gasteiger partial charge in [-0.15, -0.1) is 0 Å². The first-order chi connectivity index (χ1) is 9.06. The van der Waals surface area contributed by atoms with Crippen LogP contribution in [0, 0.1) is 5.92 Å². The Hall–Kier alpha value is -1.31. The van der Waals surface area contributed by atoms with Crippen molar-refractivity contribution in [1.29, 1.82) is 0 Å². The van der Waals surface area contributed by atoms with Crippen LogP contribution >= 0.6 is 0 Å². The molecule has 2 nitrogen and oxygen atoms in total. The van der Waals surface area contributed by atoms with Crippen LogP contribution < -0.4 is 0 Å². The molecule has 0 spiro atoms. The number of carboxylic acids is 1. The highest BCUT2D eigenvalue weighted by Crippen LogP contribution is 2.37. The molecule has 1 N–H and O–H groups in total. The van der Waals surface area contributed by atoms with Crippen molar-refractivity contribution >= 4 is 5.97 Å². The van der Waals surface area contributed by atoms with Crippen molar-refractivity contribution in [3.63, 3.8) is 0 Å². The summed E-state index contributed by atoms with van der Waals surface area (Å²) in [5, 5.41) is 8.83. The van der Waals surface area contributed by atoms with Crippen LogP contribution in [0.2, 0.25) is 0 Å². The fourth-order valence-electron chi connectivity index (χ4n) is 3.10. The summed E-state index contributed by atoms with van der Waals surface area (Å²) >= 11 is 0. The van der Waals surface area contributed by atoms with E-state index in [-0.39, 0.29) is 0 Å². The molecule has 19 heavy (non-hydrogen) atoms. The monoisotopic (exact) mass is 260 g/mol. The molecule has 1 aromatic carbocycles. The summed E-state index contributed by atoms with van der Waals surface area (Å²) in [5.74, 6) is 0.958. The number of carboxylic acid groups (broad SMARTS) is 1. The maximum absolute atomic E-state index is 10.7. The Labute approximate surface area is 115 Å². The smallest absolute Gasteiger partial charge is 0.303 e. The van der Waals surface area contributed by atoms with Gasteiger partial charge in [0.15, 0.2) is 0 Å². The van der Waals surface area contributed by atoms with E-state index in [1.54, 1.807) is 0 Å². The molecule has 1 fully saturated rings. The highest BCUT2D eigenvalue weighted by atomic mass is 16.4. The van der Waals surface area contributed by atoms with Gasteiger partial charge in [-0.3, -0.25) is 4.79 Å². The molecular formula is C17H24O2. The molecule has 104 valence electrons. The van der Waals surface area contributed by atoms with Crippen LogP contribution in [-0.4, -0.2) is 11.1 Å². The lowest BCUT2D eigenvalue weighted by atomic mass is 9.77. The summed E-state index contributed by atoms with van der Waals surface area (Å²) in [5.41, 5.74) is 2.82. The van der Waals surface area contributed by atoms with E-state index in [2.05, 4.69) is 38.1 Å². The van der Waals surface area contributed by atoms with Crippen molar-refractivity contribution in [3.8, 4) is 0 Å². The first kappa shape index (κ1) is 14.1. The number of benzene rings is 1.